The van der Waals surface area contributed by atoms with Gasteiger partial charge in [0.15, 0.2) is 0 Å². The molecule has 0 saturated carbocycles. The Hall–Kier alpha value is -0.700. The van der Waals surface area contributed by atoms with Crippen LogP contribution in [-0.4, -0.2) is 73.4 Å². The second kappa shape index (κ2) is 11.8. The number of carbonyl (C=O) groups is 2. The van der Waals surface area contributed by atoms with E-state index >= 15 is 0 Å². The van der Waals surface area contributed by atoms with Crippen molar-refractivity contribution in [3.63, 3.8) is 0 Å². The van der Waals surface area contributed by atoms with Crippen LogP contribution in [0.15, 0.2) is 0 Å². The van der Waals surface area contributed by atoms with E-state index in [2.05, 4.69) is 5.32 Å². The third-order valence-corrected chi connectivity index (χ3v) is 3.56. The van der Waals surface area contributed by atoms with Gasteiger partial charge >= 0.3 is 0 Å². The fourth-order valence-electron chi connectivity index (χ4n) is 2.07. The van der Waals surface area contributed by atoms with E-state index in [0.29, 0.717) is 26.2 Å². The molecule has 0 spiro atoms. The highest BCUT2D eigenvalue weighted by Crippen LogP contribution is 2.05. The maximum absolute atomic E-state index is 12.2. The average molecular weight is 379 g/mol. The van der Waals surface area contributed by atoms with Crippen molar-refractivity contribution in [2.75, 3.05) is 39.3 Å². The Morgan fingerprint density at radius 2 is 1.65 bits per heavy atom. The van der Waals surface area contributed by atoms with Gasteiger partial charge in [0.1, 0.15) is 0 Å². The predicted octanol–water partition coefficient (Wildman–Crippen LogP) is 0.339. The summed E-state index contributed by atoms with van der Waals surface area (Å²) in [6, 6.07) is -0.638. The third-order valence-electron chi connectivity index (χ3n) is 3.56. The number of piperazine rings is 1. The Morgan fingerprint density at radius 3 is 2.09 bits per heavy atom. The Balaban J connectivity index is 0. The molecule has 3 N–H and O–H groups in total. The summed E-state index contributed by atoms with van der Waals surface area (Å²) in [5.74, 6) is -0.566. The molecule has 1 aliphatic rings. The van der Waals surface area contributed by atoms with Crippen LogP contribution in [0.25, 0.3) is 0 Å². The normalized spacial score (nSPS) is 16.6. The van der Waals surface area contributed by atoms with Gasteiger partial charge in [-0.1, -0.05) is 13.8 Å². The van der Waals surface area contributed by atoms with E-state index in [1.54, 1.807) is 9.80 Å². The molecule has 1 aliphatic heterocycles. The highest BCUT2D eigenvalue weighted by molar-refractivity contribution is 5.87. The van der Waals surface area contributed by atoms with Crippen molar-refractivity contribution in [2.45, 2.75) is 26.3 Å². The second-order valence-corrected chi connectivity index (χ2v) is 5.56. The lowest BCUT2D eigenvalue weighted by molar-refractivity contribution is -0.134. The van der Waals surface area contributed by atoms with Crippen molar-refractivity contribution >= 4 is 36.6 Å². The zero-order valence-electron chi connectivity index (χ0n) is 13.3. The molecule has 23 heavy (non-hydrogen) atoms. The van der Waals surface area contributed by atoms with Crippen molar-refractivity contribution < 1.29 is 18.4 Å². The van der Waals surface area contributed by atoms with Gasteiger partial charge < -0.3 is 16.0 Å². The van der Waals surface area contributed by atoms with Gasteiger partial charge in [-0.3, -0.25) is 14.5 Å². The van der Waals surface area contributed by atoms with Gasteiger partial charge in [-0.05, 0) is 5.92 Å². The largest absolute Gasteiger partial charge is 0.346 e. The van der Waals surface area contributed by atoms with Crippen molar-refractivity contribution in [3.05, 3.63) is 0 Å². The average Bonchev–Trinajstić information content (AvgIpc) is 2.43. The van der Waals surface area contributed by atoms with Gasteiger partial charge in [0, 0.05) is 26.2 Å². The first-order chi connectivity index (χ1) is 9.81. The number of carbonyl (C=O) groups excluding carboxylic acids is 2. The molecule has 1 fully saturated rings. The fourth-order valence-corrected chi connectivity index (χ4v) is 2.07. The molecule has 0 aromatic heterocycles. The third kappa shape index (κ3) is 8.64. The summed E-state index contributed by atoms with van der Waals surface area (Å²) in [4.78, 5) is 26.8. The van der Waals surface area contributed by atoms with Gasteiger partial charge in [0.05, 0.1) is 19.1 Å². The quantitative estimate of drug-likeness (QED) is 0.698. The zero-order valence-corrected chi connectivity index (χ0v) is 15.0. The molecule has 0 aromatic rings. The highest BCUT2D eigenvalue weighted by Gasteiger charge is 2.24. The number of rotatable bonds is 6. The van der Waals surface area contributed by atoms with E-state index in [0.717, 1.165) is 0 Å². The first kappa shape index (κ1) is 24.6. The van der Waals surface area contributed by atoms with Crippen molar-refractivity contribution in [2.24, 2.45) is 11.7 Å². The van der Waals surface area contributed by atoms with Crippen LogP contribution in [0.5, 0.6) is 0 Å². The minimum absolute atomic E-state index is 0. The first-order valence-electron chi connectivity index (χ1n) is 7.12. The van der Waals surface area contributed by atoms with Gasteiger partial charge in [-0.25, -0.2) is 8.78 Å². The lowest BCUT2D eigenvalue weighted by Gasteiger charge is -2.34. The van der Waals surface area contributed by atoms with E-state index in [4.69, 9.17) is 5.73 Å². The molecule has 10 heteroatoms. The number of halogens is 4. The predicted molar refractivity (Wildman–Crippen MR) is 89.3 cm³/mol. The Bertz CT molecular complexity index is 368. The summed E-state index contributed by atoms with van der Waals surface area (Å²) in [5, 5.41) is 2.52. The molecule has 138 valence electrons. The molecule has 1 heterocycles. The number of alkyl halides is 2. The minimum atomic E-state index is -2.36. The molecule has 1 atom stereocenters. The minimum Gasteiger partial charge on any atom is -0.346 e. The fraction of sp³-hybridized carbons (Fsp3) is 0.846. The SMILES string of the molecule is CC(C)[C@H](N)C(=O)NCC(=O)N1CCN(CC(F)F)CC1.Cl.Cl. The summed E-state index contributed by atoms with van der Waals surface area (Å²) in [5.41, 5.74) is 5.67. The van der Waals surface area contributed by atoms with Crippen molar-refractivity contribution in [1.82, 2.24) is 15.1 Å². The van der Waals surface area contributed by atoms with Gasteiger partial charge in [0.25, 0.3) is 6.43 Å². The van der Waals surface area contributed by atoms with Crippen LogP contribution in [0.4, 0.5) is 8.78 Å². The number of amides is 2. The molecular weight excluding hydrogens is 353 g/mol. The first-order valence-corrected chi connectivity index (χ1v) is 7.12. The van der Waals surface area contributed by atoms with Crippen LogP contribution < -0.4 is 11.1 Å². The number of nitrogens with zero attached hydrogens (tertiary/aromatic N) is 2. The maximum Gasteiger partial charge on any atom is 0.251 e. The summed E-state index contributed by atoms with van der Waals surface area (Å²) in [7, 11) is 0. The summed E-state index contributed by atoms with van der Waals surface area (Å²) >= 11 is 0. The lowest BCUT2D eigenvalue weighted by atomic mass is 10.1. The van der Waals surface area contributed by atoms with Crippen LogP contribution >= 0.6 is 24.8 Å². The molecule has 0 radical (unpaired) electrons. The van der Waals surface area contributed by atoms with Crippen LogP contribution in [0, 0.1) is 5.92 Å². The molecule has 0 unspecified atom stereocenters. The van der Waals surface area contributed by atoms with Crippen LogP contribution in [-0.2, 0) is 9.59 Å². The molecule has 1 saturated heterocycles. The molecule has 0 bridgehead atoms. The second-order valence-electron chi connectivity index (χ2n) is 5.56. The summed E-state index contributed by atoms with van der Waals surface area (Å²) in [6.45, 7) is 4.94. The van der Waals surface area contributed by atoms with Crippen LogP contribution in [0.3, 0.4) is 0 Å². The molecule has 0 aromatic carbocycles. The molecule has 0 aliphatic carbocycles. The van der Waals surface area contributed by atoms with E-state index in [1.807, 2.05) is 13.8 Å². The van der Waals surface area contributed by atoms with Crippen molar-refractivity contribution in [3.8, 4) is 0 Å². The molecule has 1 rings (SSSR count). The molecule has 6 nitrogen and oxygen atoms in total. The van der Waals surface area contributed by atoms with Crippen LogP contribution in [0.1, 0.15) is 13.8 Å². The van der Waals surface area contributed by atoms with Crippen LogP contribution in [0.2, 0.25) is 0 Å². The number of nitrogens with two attached hydrogens (primary N) is 1. The van der Waals surface area contributed by atoms with E-state index in [9.17, 15) is 18.4 Å². The van der Waals surface area contributed by atoms with Crippen molar-refractivity contribution in [1.29, 1.82) is 0 Å². The maximum atomic E-state index is 12.2. The Morgan fingerprint density at radius 1 is 1.13 bits per heavy atom. The smallest absolute Gasteiger partial charge is 0.251 e. The molecular formula is C13H26Cl2F2N4O2. The monoisotopic (exact) mass is 378 g/mol. The van der Waals surface area contributed by atoms with Gasteiger partial charge in [-0.2, -0.15) is 0 Å². The Kier molecular flexibility index (Phi) is 12.6. The molecule has 2 amide bonds. The van der Waals surface area contributed by atoms with Gasteiger partial charge in [0.2, 0.25) is 11.8 Å². The zero-order chi connectivity index (χ0) is 16.0. The van der Waals surface area contributed by atoms with E-state index < -0.39 is 12.5 Å². The Labute approximate surface area is 147 Å². The number of hydrogen-bond acceptors (Lipinski definition) is 4. The van der Waals surface area contributed by atoms with E-state index in [1.165, 1.54) is 0 Å². The number of nitrogens with one attached hydrogen (secondary N) is 1. The topological polar surface area (TPSA) is 78.7 Å². The number of hydrogen-bond donors (Lipinski definition) is 2. The van der Waals surface area contributed by atoms with E-state index in [-0.39, 0.29) is 55.6 Å². The summed E-state index contributed by atoms with van der Waals surface area (Å²) < 4.78 is 24.5. The standard InChI is InChI=1S/C13H24F2N4O2.2ClH/c1-9(2)12(16)13(21)17-7-11(20)19-5-3-18(4-6-19)8-10(14)15;;/h9-10,12H,3-8,16H2,1-2H3,(H,17,21);2*1H/t12-;;/m0../s1. The highest BCUT2D eigenvalue weighted by atomic mass is 35.5. The van der Waals surface area contributed by atoms with Gasteiger partial charge in [-0.15, -0.1) is 24.8 Å². The summed E-state index contributed by atoms with van der Waals surface area (Å²) in [6.07, 6.45) is -2.36. The lowest BCUT2D eigenvalue weighted by Crippen LogP contribution is -2.53.